The fourth-order valence-electron chi connectivity index (χ4n) is 1.96. The summed E-state index contributed by atoms with van der Waals surface area (Å²) < 4.78 is 1.66. The molecule has 2 heterocycles. The van der Waals surface area contributed by atoms with Gasteiger partial charge in [-0.25, -0.2) is 4.79 Å². The molecule has 5 heteroatoms. The molecule has 1 aromatic heterocycles. The van der Waals surface area contributed by atoms with Gasteiger partial charge in [0.25, 0.3) is 0 Å². The highest BCUT2D eigenvalue weighted by Gasteiger charge is 2.16. The summed E-state index contributed by atoms with van der Waals surface area (Å²) in [6.07, 6.45) is 6.36. The van der Waals surface area contributed by atoms with Crippen LogP contribution in [0.25, 0.3) is 0 Å². The van der Waals surface area contributed by atoms with Crippen molar-refractivity contribution in [3.63, 3.8) is 0 Å². The number of nitrogens with zero attached hydrogens (tertiary/aromatic N) is 3. The Bertz CT molecular complexity index is 353. The second-order valence-electron chi connectivity index (χ2n) is 4.17. The molecule has 0 unspecified atom stereocenters. The number of likely N-dealkylation sites (tertiary alicyclic amines) is 1. The average Bonchev–Trinajstić information content (AvgIpc) is 2.57. The molecule has 16 heavy (non-hydrogen) atoms. The fraction of sp³-hybridized carbons (Fsp3) is 0.636. The second kappa shape index (κ2) is 5.01. The van der Waals surface area contributed by atoms with Gasteiger partial charge in [-0.1, -0.05) is 12.8 Å². The van der Waals surface area contributed by atoms with Gasteiger partial charge in [-0.05, 0) is 12.8 Å². The third-order valence-corrected chi connectivity index (χ3v) is 2.95. The van der Waals surface area contributed by atoms with Gasteiger partial charge in [-0.15, -0.1) is 0 Å². The van der Waals surface area contributed by atoms with Gasteiger partial charge in [0.05, 0.1) is 6.20 Å². The number of nitrogens with one attached hydrogen (secondary N) is 1. The largest absolute Gasteiger partial charge is 0.325 e. The summed E-state index contributed by atoms with van der Waals surface area (Å²) in [6.45, 7) is 1.73. The highest BCUT2D eigenvalue weighted by Crippen LogP contribution is 2.11. The summed E-state index contributed by atoms with van der Waals surface area (Å²) in [4.78, 5) is 13.8. The Hall–Kier alpha value is -1.52. The Labute approximate surface area is 95.4 Å². The van der Waals surface area contributed by atoms with Gasteiger partial charge >= 0.3 is 6.03 Å². The van der Waals surface area contributed by atoms with Crippen molar-refractivity contribution in [2.24, 2.45) is 7.05 Å². The van der Waals surface area contributed by atoms with Gasteiger partial charge in [0, 0.05) is 26.2 Å². The van der Waals surface area contributed by atoms with Crippen LogP contribution in [0.15, 0.2) is 12.3 Å². The molecule has 0 spiro atoms. The SMILES string of the molecule is Cn1nccc1NC(=O)N1CCCCCC1. The molecule has 2 amide bonds. The van der Waals surface area contributed by atoms with Crippen LogP contribution in [0.5, 0.6) is 0 Å². The van der Waals surface area contributed by atoms with Crippen LogP contribution in [0.3, 0.4) is 0 Å². The number of anilines is 1. The lowest BCUT2D eigenvalue weighted by Crippen LogP contribution is -2.36. The molecule has 0 bridgehead atoms. The van der Waals surface area contributed by atoms with E-state index in [1.807, 2.05) is 11.9 Å². The molecule has 1 N–H and O–H groups in total. The summed E-state index contributed by atoms with van der Waals surface area (Å²) in [5, 5.41) is 6.89. The lowest BCUT2D eigenvalue weighted by molar-refractivity contribution is 0.213. The van der Waals surface area contributed by atoms with E-state index in [0.29, 0.717) is 0 Å². The van der Waals surface area contributed by atoms with Gasteiger partial charge in [-0.2, -0.15) is 5.10 Å². The molecule has 1 aliphatic heterocycles. The van der Waals surface area contributed by atoms with Gasteiger partial charge in [-0.3, -0.25) is 10.00 Å². The molecule has 88 valence electrons. The van der Waals surface area contributed by atoms with Crippen LogP contribution in [-0.4, -0.2) is 33.8 Å². The second-order valence-corrected chi connectivity index (χ2v) is 4.17. The minimum absolute atomic E-state index is 0.00880. The fourth-order valence-corrected chi connectivity index (χ4v) is 1.96. The van der Waals surface area contributed by atoms with E-state index in [-0.39, 0.29) is 6.03 Å². The van der Waals surface area contributed by atoms with Crippen LogP contribution in [-0.2, 0) is 7.05 Å². The van der Waals surface area contributed by atoms with Gasteiger partial charge < -0.3 is 4.90 Å². The van der Waals surface area contributed by atoms with E-state index in [9.17, 15) is 4.79 Å². The van der Waals surface area contributed by atoms with E-state index in [0.717, 1.165) is 31.7 Å². The zero-order valence-corrected chi connectivity index (χ0v) is 9.65. The number of carbonyl (C=O) groups is 1. The molecule has 5 nitrogen and oxygen atoms in total. The maximum Gasteiger partial charge on any atom is 0.322 e. The maximum atomic E-state index is 11.9. The molecule has 1 aromatic rings. The summed E-state index contributed by atoms with van der Waals surface area (Å²) in [5.41, 5.74) is 0. The first kappa shape index (κ1) is 11.0. The van der Waals surface area contributed by atoms with Crippen molar-refractivity contribution in [2.45, 2.75) is 25.7 Å². The Morgan fingerprint density at radius 2 is 2.00 bits per heavy atom. The highest BCUT2D eigenvalue weighted by molar-refractivity contribution is 5.88. The molecular weight excluding hydrogens is 204 g/mol. The minimum atomic E-state index is -0.00880. The summed E-state index contributed by atoms with van der Waals surface area (Å²) >= 11 is 0. The number of aryl methyl sites for hydroxylation is 1. The number of hydrogen-bond donors (Lipinski definition) is 1. The summed E-state index contributed by atoms with van der Waals surface area (Å²) in [7, 11) is 1.82. The van der Waals surface area contributed by atoms with Gasteiger partial charge in [0.1, 0.15) is 5.82 Å². The summed E-state index contributed by atoms with van der Waals surface area (Å²) in [6, 6.07) is 1.79. The number of urea groups is 1. The number of rotatable bonds is 1. The Morgan fingerprint density at radius 3 is 2.56 bits per heavy atom. The lowest BCUT2D eigenvalue weighted by Gasteiger charge is -2.20. The topological polar surface area (TPSA) is 50.2 Å². The van der Waals surface area contributed by atoms with Crippen molar-refractivity contribution in [1.29, 1.82) is 0 Å². The van der Waals surface area contributed by atoms with Crippen LogP contribution in [0.1, 0.15) is 25.7 Å². The maximum absolute atomic E-state index is 11.9. The van der Waals surface area contributed by atoms with Crippen LogP contribution in [0.4, 0.5) is 10.6 Å². The predicted molar refractivity (Wildman–Crippen MR) is 62.3 cm³/mol. The highest BCUT2D eigenvalue weighted by atomic mass is 16.2. The molecule has 2 rings (SSSR count). The van der Waals surface area contributed by atoms with Crippen LogP contribution in [0, 0.1) is 0 Å². The van der Waals surface area contributed by atoms with Gasteiger partial charge in [0.15, 0.2) is 0 Å². The van der Waals surface area contributed by atoms with Crippen LogP contribution >= 0.6 is 0 Å². The molecule has 0 saturated carbocycles. The number of amides is 2. The van der Waals surface area contributed by atoms with E-state index in [1.165, 1.54) is 12.8 Å². The molecule has 0 aliphatic carbocycles. The zero-order valence-electron chi connectivity index (χ0n) is 9.65. The smallest absolute Gasteiger partial charge is 0.322 e. The normalized spacial score (nSPS) is 16.9. The van der Waals surface area contributed by atoms with E-state index in [2.05, 4.69) is 10.4 Å². The molecule has 1 aliphatic rings. The zero-order chi connectivity index (χ0) is 11.4. The number of aromatic nitrogens is 2. The first-order valence-corrected chi connectivity index (χ1v) is 5.81. The molecular formula is C11H18N4O. The van der Waals surface area contributed by atoms with E-state index < -0.39 is 0 Å². The third kappa shape index (κ3) is 2.53. The Morgan fingerprint density at radius 1 is 1.31 bits per heavy atom. The molecule has 1 saturated heterocycles. The third-order valence-electron chi connectivity index (χ3n) is 2.95. The van der Waals surface area contributed by atoms with Crippen molar-refractivity contribution in [2.75, 3.05) is 18.4 Å². The molecule has 0 aromatic carbocycles. The number of carbonyl (C=O) groups excluding carboxylic acids is 1. The standard InChI is InChI=1S/C11H18N4O/c1-14-10(6-7-12-14)13-11(16)15-8-4-2-3-5-9-15/h6-7H,2-5,8-9H2,1H3,(H,13,16). The van der Waals surface area contributed by atoms with Crippen molar-refractivity contribution in [3.05, 3.63) is 12.3 Å². The average molecular weight is 222 g/mol. The molecule has 0 atom stereocenters. The minimum Gasteiger partial charge on any atom is -0.325 e. The van der Waals surface area contributed by atoms with Crippen molar-refractivity contribution in [1.82, 2.24) is 14.7 Å². The van der Waals surface area contributed by atoms with Gasteiger partial charge in [0.2, 0.25) is 0 Å². The Kier molecular flexibility index (Phi) is 3.44. The quantitative estimate of drug-likeness (QED) is 0.788. The van der Waals surface area contributed by atoms with Crippen molar-refractivity contribution >= 4 is 11.8 Å². The molecule has 1 fully saturated rings. The van der Waals surface area contributed by atoms with E-state index in [1.54, 1.807) is 16.9 Å². The van der Waals surface area contributed by atoms with Crippen molar-refractivity contribution in [3.8, 4) is 0 Å². The van der Waals surface area contributed by atoms with Crippen molar-refractivity contribution < 1.29 is 4.79 Å². The number of hydrogen-bond acceptors (Lipinski definition) is 2. The first-order chi connectivity index (χ1) is 7.77. The Balaban J connectivity index is 1.94. The van der Waals surface area contributed by atoms with Crippen LogP contribution < -0.4 is 5.32 Å². The van der Waals surface area contributed by atoms with E-state index in [4.69, 9.17) is 0 Å². The predicted octanol–water partition coefficient (Wildman–Crippen LogP) is 1.83. The molecule has 0 radical (unpaired) electrons. The monoisotopic (exact) mass is 222 g/mol. The summed E-state index contributed by atoms with van der Waals surface area (Å²) in [5.74, 6) is 0.745. The lowest BCUT2D eigenvalue weighted by atomic mass is 10.2. The van der Waals surface area contributed by atoms with Crippen LogP contribution in [0.2, 0.25) is 0 Å². The first-order valence-electron chi connectivity index (χ1n) is 5.81. The van der Waals surface area contributed by atoms with E-state index >= 15 is 0 Å².